The molecule has 0 unspecified atom stereocenters. The standard InChI is InChI=1S/C52H75FN4O12/c1-28(58)54-39-42(62)41(61)35(27-66-45-43(63)40(60)34(59)26-65-45)68-44(39)69-38-15-16-49(6)36(48(38,4)5)14-17-51(8)37(49)13-12-32-33-23-47(2,3)18-20-52(33,21-19-50(32,51)7)46(64)67-25-30-24-57(56-55-30)31-11-9-10-29(53)22-31/h9-12,22,24,33-45,59-63H,13-21,23,25-27H2,1-8H3,(H,54,58)/t33-,34-,35+,36-,37+,38-,39+,40-,41+,42+,43-,44-,45-,49-,50+,51+,52-/m0/s1. The van der Waals surface area contributed by atoms with Crippen molar-refractivity contribution in [3.63, 3.8) is 0 Å². The molecule has 1 aromatic heterocycles. The second-order valence-corrected chi connectivity index (χ2v) is 23.9. The van der Waals surface area contributed by atoms with Crippen molar-refractivity contribution >= 4 is 11.9 Å². The summed E-state index contributed by atoms with van der Waals surface area (Å²) in [6.45, 7) is 17.3. The number of carbonyl (C=O) groups excluding carboxylic acids is 2. The molecule has 382 valence electrons. The maximum absolute atomic E-state index is 14.7. The summed E-state index contributed by atoms with van der Waals surface area (Å²) in [6, 6.07) is 5.02. The topological polar surface area (TPSA) is 224 Å². The minimum Gasteiger partial charge on any atom is -0.459 e. The first-order chi connectivity index (χ1) is 32.4. The van der Waals surface area contributed by atoms with Crippen LogP contribution >= 0.6 is 0 Å². The number of allylic oxidation sites excluding steroid dienone is 2. The van der Waals surface area contributed by atoms with Gasteiger partial charge in [-0.25, -0.2) is 9.07 Å². The summed E-state index contributed by atoms with van der Waals surface area (Å²) in [6.07, 6.45) is 1.55. The lowest BCUT2D eigenvalue weighted by atomic mass is 9.33. The zero-order chi connectivity index (χ0) is 49.6. The lowest BCUT2D eigenvalue weighted by Gasteiger charge is -2.71. The number of nitrogens with one attached hydrogen (secondary N) is 1. The van der Waals surface area contributed by atoms with E-state index in [1.807, 2.05) is 0 Å². The van der Waals surface area contributed by atoms with Gasteiger partial charge in [-0.3, -0.25) is 9.59 Å². The molecule has 4 saturated carbocycles. The van der Waals surface area contributed by atoms with Gasteiger partial charge in [0, 0.05) is 6.92 Å². The molecule has 7 aliphatic rings. The number of halogens is 1. The van der Waals surface area contributed by atoms with E-state index in [1.165, 1.54) is 29.3 Å². The molecule has 69 heavy (non-hydrogen) atoms. The highest BCUT2D eigenvalue weighted by atomic mass is 19.1. The molecule has 6 fully saturated rings. The van der Waals surface area contributed by atoms with Crippen LogP contribution in [0.1, 0.15) is 125 Å². The van der Waals surface area contributed by atoms with Crippen LogP contribution in [0.25, 0.3) is 5.69 Å². The summed E-state index contributed by atoms with van der Waals surface area (Å²) in [5.41, 5.74) is 1.20. The first-order valence-corrected chi connectivity index (χ1v) is 25.2. The number of hydrogen-bond acceptors (Lipinski definition) is 14. The molecule has 0 spiro atoms. The van der Waals surface area contributed by atoms with Crippen molar-refractivity contribution in [2.45, 2.75) is 188 Å². The maximum atomic E-state index is 14.7. The molecule has 3 heterocycles. The van der Waals surface area contributed by atoms with Crippen LogP contribution in [0.3, 0.4) is 0 Å². The molecule has 0 radical (unpaired) electrons. The number of amides is 1. The highest BCUT2D eigenvalue weighted by molar-refractivity contribution is 5.79. The first-order valence-electron chi connectivity index (χ1n) is 25.2. The van der Waals surface area contributed by atoms with Crippen molar-refractivity contribution in [1.29, 1.82) is 0 Å². The zero-order valence-electron chi connectivity index (χ0n) is 41.5. The largest absolute Gasteiger partial charge is 0.459 e. The summed E-state index contributed by atoms with van der Waals surface area (Å²) in [4.78, 5) is 27.2. The highest BCUT2D eigenvalue weighted by Crippen LogP contribution is 2.76. The number of benzene rings is 1. The zero-order valence-corrected chi connectivity index (χ0v) is 41.5. The fourth-order valence-electron chi connectivity index (χ4n) is 15.1. The number of fused-ring (bicyclic) bond motifs is 7. The minimum atomic E-state index is -1.56. The monoisotopic (exact) mass is 967 g/mol. The first kappa shape index (κ1) is 50.5. The lowest BCUT2D eigenvalue weighted by Crippen LogP contribution is -2.67. The SMILES string of the molecule is CC(=O)N[C@H]1[C@H](O[C@H]2CC[C@]3(C)[C@H]4CC=C5[C@@H]6CC(C)(C)CC[C@]6(C(=O)OCc6cn(-c7cccc(F)c7)nn6)CC[C@@]5(C)[C@]4(C)CC[C@H]3C2(C)C)O[C@H](CO[C@@H]2OC[C@H](O)[C@H](O)[C@@H]2O)[C@@H](O)[C@@H]1O. The van der Waals surface area contributed by atoms with Crippen molar-refractivity contribution in [2.75, 3.05) is 13.2 Å². The van der Waals surface area contributed by atoms with Gasteiger partial charge >= 0.3 is 5.97 Å². The van der Waals surface area contributed by atoms with E-state index >= 15 is 0 Å². The third-order valence-electron chi connectivity index (χ3n) is 19.2. The number of aliphatic hydroxyl groups excluding tert-OH is 5. The number of hydrogen-bond donors (Lipinski definition) is 6. The molecule has 17 heteroatoms. The van der Waals surface area contributed by atoms with Gasteiger partial charge in [0.2, 0.25) is 5.91 Å². The Hall–Kier alpha value is -3.39. The highest BCUT2D eigenvalue weighted by Gasteiger charge is 2.70. The second-order valence-electron chi connectivity index (χ2n) is 23.9. The third-order valence-corrected chi connectivity index (χ3v) is 19.2. The molecule has 17 atom stereocenters. The smallest absolute Gasteiger partial charge is 0.313 e. The second kappa shape index (κ2) is 18.3. The lowest BCUT2D eigenvalue weighted by molar-refractivity contribution is -0.322. The molecule has 0 bridgehead atoms. The Kier molecular flexibility index (Phi) is 13.4. The van der Waals surface area contributed by atoms with Crippen LogP contribution in [0, 0.1) is 56.1 Å². The number of ether oxygens (including phenoxy) is 5. The summed E-state index contributed by atoms with van der Waals surface area (Å²) in [7, 11) is 0. The number of carbonyl (C=O) groups is 2. The van der Waals surface area contributed by atoms with Gasteiger partial charge in [-0.05, 0) is 127 Å². The summed E-state index contributed by atoms with van der Waals surface area (Å²) in [5.74, 6) is -0.342. The molecule has 16 nitrogen and oxygen atoms in total. The predicted molar refractivity (Wildman–Crippen MR) is 247 cm³/mol. The van der Waals surface area contributed by atoms with Gasteiger partial charge in [-0.15, -0.1) is 5.10 Å². The number of aliphatic hydroxyl groups is 5. The quantitative estimate of drug-likeness (QED) is 0.104. The Morgan fingerprint density at radius 3 is 2.39 bits per heavy atom. The molecule has 1 aromatic carbocycles. The molecule has 2 saturated heterocycles. The predicted octanol–water partition coefficient (Wildman–Crippen LogP) is 5.04. The van der Waals surface area contributed by atoms with Crippen LogP contribution in [0.2, 0.25) is 0 Å². The van der Waals surface area contributed by atoms with Crippen molar-refractivity contribution in [1.82, 2.24) is 20.3 Å². The van der Waals surface area contributed by atoms with Gasteiger partial charge in [-0.1, -0.05) is 71.4 Å². The minimum absolute atomic E-state index is 0.0142. The van der Waals surface area contributed by atoms with Crippen LogP contribution in [0.5, 0.6) is 0 Å². The molecular formula is C52H75FN4O12. The van der Waals surface area contributed by atoms with E-state index in [0.29, 0.717) is 23.7 Å². The Balaban J connectivity index is 0.926. The van der Waals surface area contributed by atoms with E-state index in [1.54, 1.807) is 18.3 Å². The van der Waals surface area contributed by atoms with E-state index in [4.69, 9.17) is 23.7 Å². The number of nitrogens with zero attached hydrogens (tertiary/aromatic N) is 3. The van der Waals surface area contributed by atoms with Gasteiger partial charge in [0.25, 0.3) is 0 Å². The average molecular weight is 967 g/mol. The fraction of sp³-hybridized carbons (Fsp3) is 0.769. The number of aromatic nitrogens is 3. The Labute approximate surface area is 404 Å². The molecule has 1 amide bonds. The summed E-state index contributed by atoms with van der Waals surface area (Å²) < 4.78 is 46.1. The summed E-state index contributed by atoms with van der Waals surface area (Å²) in [5, 5.41) is 64.4. The Morgan fingerprint density at radius 2 is 1.65 bits per heavy atom. The van der Waals surface area contributed by atoms with E-state index in [2.05, 4.69) is 70.2 Å². The van der Waals surface area contributed by atoms with Gasteiger partial charge in [0.05, 0.1) is 36.6 Å². The van der Waals surface area contributed by atoms with Crippen molar-refractivity contribution < 1.29 is 63.2 Å². The molecule has 9 rings (SSSR count). The average Bonchev–Trinajstić information content (AvgIpc) is 3.77. The van der Waals surface area contributed by atoms with Crippen molar-refractivity contribution in [3.05, 3.63) is 53.6 Å². The fourth-order valence-corrected chi connectivity index (χ4v) is 15.1. The molecule has 5 aliphatic carbocycles. The normalized spacial score (nSPS) is 43.5. The van der Waals surface area contributed by atoms with E-state index < -0.39 is 66.6 Å². The van der Waals surface area contributed by atoms with Gasteiger partial charge in [-0.2, -0.15) is 0 Å². The van der Waals surface area contributed by atoms with E-state index in [9.17, 15) is 39.5 Å². The van der Waals surface area contributed by atoms with Gasteiger partial charge < -0.3 is 54.5 Å². The number of esters is 1. The van der Waals surface area contributed by atoms with E-state index in [-0.39, 0.29) is 76.6 Å². The van der Waals surface area contributed by atoms with E-state index in [0.717, 1.165) is 57.8 Å². The van der Waals surface area contributed by atoms with Gasteiger partial charge in [0.15, 0.2) is 12.6 Å². The van der Waals surface area contributed by atoms with Crippen molar-refractivity contribution in [2.24, 2.45) is 50.2 Å². The van der Waals surface area contributed by atoms with Crippen LogP contribution in [-0.4, -0.2) is 127 Å². The van der Waals surface area contributed by atoms with Crippen LogP contribution in [0.4, 0.5) is 4.39 Å². The molecule has 6 N–H and O–H groups in total. The maximum Gasteiger partial charge on any atom is 0.313 e. The molecular weight excluding hydrogens is 892 g/mol. The van der Waals surface area contributed by atoms with Crippen LogP contribution in [-0.2, 0) is 39.9 Å². The molecule has 2 aliphatic heterocycles. The van der Waals surface area contributed by atoms with Crippen LogP contribution < -0.4 is 5.32 Å². The third kappa shape index (κ3) is 8.60. The van der Waals surface area contributed by atoms with Crippen molar-refractivity contribution in [3.8, 4) is 5.69 Å². The Morgan fingerprint density at radius 1 is 0.899 bits per heavy atom. The molecule has 2 aromatic rings. The summed E-state index contributed by atoms with van der Waals surface area (Å²) >= 11 is 0. The number of rotatable bonds is 10. The Bertz CT molecular complexity index is 2280. The van der Waals surface area contributed by atoms with Crippen LogP contribution in [0.15, 0.2) is 42.1 Å². The van der Waals surface area contributed by atoms with Gasteiger partial charge in [0.1, 0.15) is 60.8 Å².